The predicted molar refractivity (Wildman–Crippen MR) is 154 cm³/mol. The van der Waals surface area contributed by atoms with Crippen LogP contribution in [0, 0.1) is 0 Å². The van der Waals surface area contributed by atoms with Gasteiger partial charge in [0.25, 0.3) is 0 Å². The van der Waals surface area contributed by atoms with Crippen LogP contribution in [0.5, 0.6) is 0 Å². The van der Waals surface area contributed by atoms with Crippen LogP contribution in [-0.2, 0) is 25.8 Å². The van der Waals surface area contributed by atoms with Gasteiger partial charge >= 0.3 is 5.69 Å². The normalized spacial score (nSPS) is 11.3. The highest BCUT2D eigenvalue weighted by Gasteiger charge is 2.18. The third kappa shape index (κ3) is 5.46. The average Bonchev–Trinajstić information content (AvgIpc) is 3.61. The zero-order valence-electron chi connectivity index (χ0n) is 22.9. The molecule has 39 heavy (non-hydrogen) atoms. The molecule has 0 aliphatic rings. The maximum Gasteiger partial charge on any atom is 0.333 e. The van der Waals surface area contributed by atoms with E-state index in [2.05, 4.69) is 65.8 Å². The van der Waals surface area contributed by atoms with Gasteiger partial charge in [-0.15, -0.1) is 5.10 Å². The molecule has 3 aromatic heterocycles. The number of benzene rings is 2. The summed E-state index contributed by atoms with van der Waals surface area (Å²) in [5.74, 6) is 0.597. The number of aromatic nitrogens is 7. The molecule has 2 aromatic carbocycles. The predicted octanol–water partition coefficient (Wildman–Crippen LogP) is 5.79. The Morgan fingerprint density at radius 1 is 0.872 bits per heavy atom. The van der Waals surface area contributed by atoms with Crippen molar-refractivity contribution in [3.05, 3.63) is 99.9 Å². The lowest BCUT2D eigenvalue weighted by molar-refractivity contribution is 0.672. The summed E-state index contributed by atoms with van der Waals surface area (Å²) in [6, 6.07) is 18.3. The second-order valence-electron chi connectivity index (χ2n) is 9.84. The molecule has 3 heterocycles. The third-order valence-electron chi connectivity index (χ3n) is 7.16. The second kappa shape index (κ2) is 12.0. The summed E-state index contributed by atoms with van der Waals surface area (Å²) in [5.41, 5.74) is 8.17. The number of nitrogens with one attached hydrogen (secondary N) is 1. The number of aromatic amines is 1. The van der Waals surface area contributed by atoms with Crippen LogP contribution in [0.2, 0.25) is 0 Å². The lowest BCUT2D eigenvalue weighted by Crippen LogP contribution is -2.26. The van der Waals surface area contributed by atoms with Crippen molar-refractivity contribution >= 4 is 0 Å². The lowest BCUT2D eigenvalue weighted by Gasteiger charge is -2.14. The number of H-pyrrole nitrogens is 1. The third-order valence-corrected chi connectivity index (χ3v) is 7.16. The Morgan fingerprint density at radius 2 is 1.69 bits per heavy atom. The zero-order chi connectivity index (χ0) is 27.2. The van der Waals surface area contributed by atoms with Gasteiger partial charge in [0.05, 0.1) is 17.9 Å². The summed E-state index contributed by atoms with van der Waals surface area (Å²) in [7, 11) is 0. The number of pyridine rings is 1. The van der Waals surface area contributed by atoms with E-state index in [9.17, 15) is 4.79 Å². The van der Waals surface area contributed by atoms with Gasteiger partial charge in [-0.2, -0.15) is 0 Å². The number of hydrogen-bond donors (Lipinski definition) is 1. The summed E-state index contributed by atoms with van der Waals surface area (Å²) in [4.78, 5) is 18.7. The van der Waals surface area contributed by atoms with Crippen molar-refractivity contribution in [2.45, 2.75) is 65.8 Å². The number of aryl methyl sites for hydroxylation is 3. The number of para-hydroxylation sites is 1. The average molecular weight is 522 g/mol. The molecule has 0 atom stereocenters. The summed E-state index contributed by atoms with van der Waals surface area (Å²) in [6.07, 6.45) is 9.75. The minimum absolute atomic E-state index is 0.00611. The number of tetrazole rings is 1. The molecule has 8 nitrogen and oxygen atoms in total. The summed E-state index contributed by atoms with van der Waals surface area (Å²) >= 11 is 0. The first kappa shape index (κ1) is 26.3. The fourth-order valence-electron chi connectivity index (χ4n) is 5.17. The Morgan fingerprint density at radius 3 is 2.38 bits per heavy atom. The number of unbranched alkanes of at least 4 members (excludes halogenated alkanes) is 1. The van der Waals surface area contributed by atoms with Crippen LogP contribution in [0.1, 0.15) is 62.4 Å². The maximum absolute atomic E-state index is 13.9. The van der Waals surface area contributed by atoms with Gasteiger partial charge in [0.2, 0.25) is 0 Å². The van der Waals surface area contributed by atoms with Crippen molar-refractivity contribution in [3.63, 3.8) is 0 Å². The molecule has 0 fully saturated rings. The smallest absolute Gasteiger partial charge is 0.292 e. The highest BCUT2D eigenvalue weighted by molar-refractivity contribution is 5.78. The molecule has 8 heteroatoms. The fraction of sp³-hybridized carbons (Fsp3) is 0.323. The van der Waals surface area contributed by atoms with Gasteiger partial charge in [0.15, 0.2) is 5.82 Å². The summed E-state index contributed by atoms with van der Waals surface area (Å²) in [5, 5.41) is 14.3. The van der Waals surface area contributed by atoms with Gasteiger partial charge < -0.3 is 0 Å². The first-order valence-electron chi connectivity index (χ1n) is 13.8. The Labute approximate surface area is 228 Å². The monoisotopic (exact) mass is 521 g/mol. The standard InChI is InChI=1S/C31H35N7O/c1-4-7-14-25-21-38(29-23(6-3)12-10-13-24(29)11-5-2)31(39)37(25)20-22-17-18-28(32-19-22)26-15-8-9-16-27(26)30-33-35-36-34-30/h8-10,12-13,15-19,21H,4-7,11,14,20H2,1-3H3,(H,33,34,35,36). The summed E-state index contributed by atoms with van der Waals surface area (Å²) < 4.78 is 3.81. The molecule has 0 bridgehead atoms. The molecular weight excluding hydrogens is 486 g/mol. The van der Waals surface area contributed by atoms with E-state index >= 15 is 0 Å². The van der Waals surface area contributed by atoms with Gasteiger partial charge in [-0.25, -0.2) is 9.89 Å². The van der Waals surface area contributed by atoms with E-state index in [1.54, 1.807) is 0 Å². The van der Waals surface area contributed by atoms with Crippen molar-refractivity contribution in [1.29, 1.82) is 0 Å². The Bertz CT molecular complexity index is 1580. The Kier molecular flexibility index (Phi) is 8.10. The van der Waals surface area contributed by atoms with E-state index in [0.717, 1.165) is 72.3 Å². The molecule has 5 rings (SSSR count). The van der Waals surface area contributed by atoms with Crippen molar-refractivity contribution in [3.8, 4) is 28.3 Å². The van der Waals surface area contributed by atoms with Crippen LogP contribution >= 0.6 is 0 Å². The van der Waals surface area contributed by atoms with Gasteiger partial charge in [-0.05, 0) is 58.9 Å². The van der Waals surface area contributed by atoms with Crippen LogP contribution < -0.4 is 5.69 Å². The quantitative estimate of drug-likeness (QED) is 0.238. The molecule has 0 saturated carbocycles. The molecule has 1 N–H and O–H groups in total. The van der Waals surface area contributed by atoms with Gasteiger partial charge in [-0.1, -0.05) is 82.1 Å². The molecule has 0 saturated heterocycles. The fourth-order valence-corrected chi connectivity index (χ4v) is 5.17. The molecule has 0 unspecified atom stereocenters. The van der Waals surface area contributed by atoms with Crippen LogP contribution in [0.3, 0.4) is 0 Å². The Balaban J connectivity index is 1.51. The molecule has 0 aliphatic heterocycles. The van der Waals surface area contributed by atoms with E-state index in [1.807, 2.05) is 51.7 Å². The molecule has 0 radical (unpaired) electrons. The van der Waals surface area contributed by atoms with Crippen molar-refractivity contribution in [2.75, 3.05) is 0 Å². The van der Waals surface area contributed by atoms with E-state index in [-0.39, 0.29) is 5.69 Å². The van der Waals surface area contributed by atoms with E-state index in [0.29, 0.717) is 12.4 Å². The van der Waals surface area contributed by atoms with Crippen LogP contribution in [0.4, 0.5) is 0 Å². The van der Waals surface area contributed by atoms with Gasteiger partial charge in [-0.3, -0.25) is 14.1 Å². The number of imidazole rings is 1. The van der Waals surface area contributed by atoms with E-state index in [1.165, 1.54) is 11.1 Å². The number of nitrogens with zero attached hydrogens (tertiary/aromatic N) is 6. The van der Waals surface area contributed by atoms with Crippen molar-refractivity contribution in [1.82, 2.24) is 34.7 Å². The van der Waals surface area contributed by atoms with Crippen LogP contribution in [-0.4, -0.2) is 34.7 Å². The zero-order valence-corrected chi connectivity index (χ0v) is 22.9. The van der Waals surface area contributed by atoms with Crippen LogP contribution in [0.25, 0.3) is 28.3 Å². The van der Waals surface area contributed by atoms with Gasteiger partial charge in [0, 0.05) is 29.2 Å². The SMILES string of the molecule is CCCCc1cn(-c2c(CC)cccc2CCC)c(=O)n1Cc1ccc(-c2ccccc2-c2nnn[nH]2)nc1. The topological polar surface area (TPSA) is 94.3 Å². The first-order valence-corrected chi connectivity index (χ1v) is 13.8. The van der Waals surface area contributed by atoms with E-state index < -0.39 is 0 Å². The second-order valence-corrected chi connectivity index (χ2v) is 9.84. The largest absolute Gasteiger partial charge is 0.333 e. The molecular formula is C31H35N7O. The molecule has 200 valence electrons. The minimum Gasteiger partial charge on any atom is -0.292 e. The highest BCUT2D eigenvalue weighted by atomic mass is 16.1. The Hall–Kier alpha value is -4.33. The van der Waals surface area contributed by atoms with Crippen LogP contribution in [0.15, 0.2) is 71.8 Å². The maximum atomic E-state index is 13.9. The van der Waals surface area contributed by atoms with Crippen molar-refractivity contribution < 1.29 is 0 Å². The number of hydrogen-bond acceptors (Lipinski definition) is 5. The first-order chi connectivity index (χ1) is 19.1. The van der Waals surface area contributed by atoms with Gasteiger partial charge in [0.1, 0.15) is 0 Å². The molecule has 0 spiro atoms. The van der Waals surface area contributed by atoms with E-state index in [4.69, 9.17) is 4.98 Å². The molecule has 0 amide bonds. The highest BCUT2D eigenvalue weighted by Crippen LogP contribution is 2.28. The summed E-state index contributed by atoms with van der Waals surface area (Å²) in [6.45, 7) is 6.99. The number of rotatable bonds is 11. The lowest BCUT2D eigenvalue weighted by atomic mass is 10.0. The molecule has 0 aliphatic carbocycles. The molecule has 5 aromatic rings. The minimum atomic E-state index is 0.00611. The van der Waals surface area contributed by atoms with Crippen molar-refractivity contribution in [2.24, 2.45) is 0 Å².